The van der Waals surface area contributed by atoms with Crippen LogP contribution in [0.5, 0.6) is 0 Å². The number of nitrogens with one attached hydrogen (secondary N) is 1. The Hall–Kier alpha value is -1.44. The van der Waals surface area contributed by atoms with E-state index in [1.807, 2.05) is 24.3 Å². The van der Waals surface area contributed by atoms with Gasteiger partial charge in [-0.25, -0.2) is 8.42 Å². The number of amides is 1. The third-order valence-electron chi connectivity index (χ3n) is 4.35. The Kier molecular flexibility index (Phi) is 6.37. The normalized spacial score (nSPS) is 17.2. The molecule has 1 aliphatic rings. The predicted molar refractivity (Wildman–Crippen MR) is 95.7 cm³/mol. The molecule has 1 aliphatic heterocycles. The Morgan fingerprint density at radius 2 is 1.71 bits per heavy atom. The van der Waals surface area contributed by atoms with Crippen molar-refractivity contribution in [3.8, 4) is 0 Å². The topological polar surface area (TPSA) is 69.7 Å². The number of piperazine rings is 1. The number of benzene rings is 1. The molecule has 0 saturated carbocycles. The maximum absolute atomic E-state index is 12.1. The van der Waals surface area contributed by atoms with E-state index in [0.717, 1.165) is 6.54 Å². The lowest BCUT2D eigenvalue weighted by Gasteiger charge is -2.33. The van der Waals surface area contributed by atoms with Crippen LogP contribution in [-0.4, -0.2) is 69.1 Å². The average molecular weight is 353 g/mol. The van der Waals surface area contributed by atoms with Crippen molar-refractivity contribution in [2.24, 2.45) is 0 Å². The Morgan fingerprint density at radius 3 is 2.21 bits per heavy atom. The smallest absolute Gasteiger partial charge is 0.251 e. The van der Waals surface area contributed by atoms with Gasteiger partial charge in [-0.3, -0.25) is 9.69 Å². The molecule has 1 amide bonds. The molecular formula is C17H27N3O3S. The fourth-order valence-corrected chi connectivity index (χ4v) is 3.56. The van der Waals surface area contributed by atoms with Crippen LogP contribution in [0.4, 0.5) is 0 Å². The van der Waals surface area contributed by atoms with Gasteiger partial charge in [-0.05, 0) is 23.6 Å². The predicted octanol–water partition coefficient (Wildman–Crippen LogP) is 1.12. The lowest BCUT2D eigenvalue weighted by atomic mass is 10.0. The second-order valence-corrected chi connectivity index (χ2v) is 8.52. The highest BCUT2D eigenvalue weighted by atomic mass is 32.2. The molecule has 24 heavy (non-hydrogen) atoms. The maximum Gasteiger partial charge on any atom is 0.251 e. The van der Waals surface area contributed by atoms with Gasteiger partial charge in [0.25, 0.3) is 5.91 Å². The molecule has 1 saturated heterocycles. The van der Waals surface area contributed by atoms with Crippen LogP contribution in [0.1, 0.15) is 35.7 Å². The fourth-order valence-electron chi connectivity index (χ4n) is 2.73. The number of carbonyl (C=O) groups is 1. The molecular weight excluding hydrogens is 326 g/mol. The minimum Gasteiger partial charge on any atom is -0.351 e. The van der Waals surface area contributed by atoms with Crippen LogP contribution in [0, 0.1) is 0 Å². The van der Waals surface area contributed by atoms with Crippen molar-refractivity contribution < 1.29 is 13.2 Å². The van der Waals surface area contributed by atoms with Crippen molar-refractivity contribution in [2.45, 2.75) is 19.8 Å². The molecule has 0 aromatic heterocycles. The second kappa shape index (κ2) is 8.09. The second-order valence-electron chi connectivity index (χ2n) is 6.54. The molecule has 2 rings (SSSR count). The van der Waals surface area contributed by atoms with Gasteiger partial charge in [0.2, 0.25) is 10.0 Å². The van der Waals surface area contributed by atoms with Gasteiger partial charge in [-0.15, -0.1) is 0 Å². The van der Waals surface area contributed by atoms with E-state index in [1.165, 1.54) is 16.1 Å². The fraction of sp³-hybridized carbons (Fsp3) is 0.588. The summed E-state index contributed by atoms with van der Waals surface area (Å²) >= 11 is 0. The summed E-state index contributed by atoms with van der Waals surface area (Å²) in [4.78, 5) is 14.3. The first-order valence-electron chi connectivity index (χ1n) is 8.33. The van der Waals surface area contributed by atoms with Crippen molar-refractivity contribution in [2.75, 3.05) is 45.5 Å². The molecule has 0 bridgehead atoms. The zero-order chi connectivity index (χ0) is 17.7. The monoisotopic (exact) mass is 353 g/mol. The molecule has 1 aromatic carbocycles. The molecule has 1 heterocycles. The molecule has 1 fully saturated rings. The van der Waals surface area contributed by atoms with Crippen molar-refractivity contribution >= 4 is 15.9 Å². The third-order valence-corrected chi connectivity index (χ3v) is 5.66. The molecule has 1 N–H and O–H groups in total. The van der Waals surface area contributed by atoms with Crippen LogP contribution in [0.3, 0.4) is 0 Å². The zero-order valence-corrected chi connectivity index (χ0v) is 15.5. The molecule has 0 aliphatic carbocycles. The van der Waals surface area contributed by atoms with E-state index in [9.17, 15) is 13.2 Å². The van der Waals surface area contributed by atoms with Gasteiger partial charge < -0.3 is 5.32 Å². The average Bonchev–Trinajstić information content (AvgIpc) is 2.54. The van der Waals surface area contributed by atoms with Gasteiger partial charge in [0.15, 0.2) is 0 Å². The highest BCUT2D eigenvalue weighted by Crippen LogP contribution is 2.14. The van der Waals surface area contributed by atoms with E-state index in [4.69, 9.17) is 0 Å². The minimum atomic E-state index is -3.09. The quantitative estimate of drug-likeness (QED) is 0.832. The van der Waals surface area contributed by atoms with Crippen molar-refractivity contribution in [1.29, 1.82) is 0 Å². The molecule has 1 aromatic rings. The number of hydrogen-bond donors (Lipinski definition) is 1. The maximum atomic E-state index is 12.1. The van der Waals surface area contributed by atoms with Gasteiger partial charge in [0.05, 0.1) is 6.26 Å². The van der Waals surface area contributed by atoms with Gasteiger partial charge >= 0.3 is 0 Å². The summed E-state index contributed by atoms with van der Waals surface area (Å²) in [6.45, 7) is 7.97. The Bertz CT molecular complexity index is 648. The number of nitrogens with zero attached hydrogens (tertiary/aromatic N) is 2. The van der Waals surface area contributed by atoms with E-state index in [1.54, 1.807) is 0 Å². The molecule has 134 valence electrons. The third kappa shape index (κ3) is 5.29. The Morgan fingerprint density at radius 1 is 1.12 bits per heavy atom. The van der Waals surface area contributed by atoms with Gasteiger partial charge in [0, 0.05) is 44.8 Å². The molecule has 0 spiro atoms. The summed E-state index contributed by atoms with van der Waals surface area (Å²) in [5.41, 5.74) is 1.89. The van der Waals surface area contributed by atoms with Crippen molar-refractivity contribution in [1.82, 2.24) is 14.5 Å². The molecule has 0 atom stereocenters. The van der Waals surface area contributed by atoms with E-state index in [0.29, 0.717) is 44.2 Å². The van der Waals surface area contributed by atoms with E-state index < -0.39 is 10.0 Å². The van der Waals surface area contributed by atoms with Crippen LogP contribution in [0.2, 0.25) is 0 Å². The van der Waals surface area contributed by atoms with Crippen molar-refractivity contribution in [3.05, 3.63) is 35.4 Å². The first-order valence-corrected chi connectivity index (χ1v) is 10.2. The number of sulfonamides is 1. The van der Waals surface area contributed by atoms with E-state index >= 15 is 0 Å². The summed E-state index contributed by atoms with van der Waals surface area (Å²) in [7, 11) is -3.09. The molecule has 0 radical (unpaired) electrons. The standard InChI is InChI=1S/C17H27N3O3S/c1-14(2)15-4-6-16(7-5-15)17(21)18-8-9-19-10-12-20(13-11-19)24(3,22)23/h4-7,14H,8-13H2,1-3H3,(H,18,21). The molecule has 7 heteroatoms. The number of rotatable bonds is 6. The number of carbonyl (C=O) groups excluding carboxylic acids is 1. The summed E-state index contributed by atoms with van der Waals surface area (Å²) in [6.07, 6.45) is 1.24. The summed E-state index contributed by atoms with van der Waals surface area (Å²) in [6, 6.07) is 7.69. The SMILES string of the molecule is CC(C)c1ccc(C(=O)NCCN2CCN(S(C)(=O)=O)CC2)cc1. The first-order chi connectivity index (χ1) is 11.3. The van der Waals surface area contributed by atoms with Gasteiger partial charge in [0.1, 0.15) is 0 Å². The Labute approximate surface area is 144 Å². The van der Waals surface area contributed by atoms with Crippen LogP contribution in [0.15, 0.2) is 24.3 Å². The molecule has 6 nitrogen and oxygen atoms in total. The van der Waals surface area contributed by atoms with Crippen LogP contribution < -0.4 is 5.32 Å². The van der Waals surface area contributed by atoms with Gasteiger partial charge in [-0.1, -0.05) is 26.0 Å². The van der Waals surface area contributed by atoms with Crippen molar-refractivity contribution in [3.63, 3.8) is 0 Å². The summed E-state index contributed by atoms with van der Waals surface area (Å²) < 4.78 is 24.4. The minimum absolute atomic E-state index is 0.0694. The summed E-state index contributed by atoms with van der Waals surface area (Å²) in [5.74, 6) is 0.382. The number of hydrogen-bond acceptors (Lipinski definition) is 4. The highest BCUT2D eigenvalue weighted by Gasteiger charge is 2.22. The van der Waals surface area contributed by atoms with E-state index in [2.05, 4.69) is 24.1 Å². The largest absolute Gasteiger partial charge is 0.351 e. The van der Waals surface area contributed by atoms with Gasteiger partial charge in [-0.2, -0.15) is 4.31 Å². The van der Waals surface area contributed by atoms with Crippen LogP contribution >= 0.6 is 0 Å². The zero-order valence-electron chi connectivity index (χ0n) is 14.7. The highest BCUT2D eigenvalue weighted by molar-refractivity contribution is 7.88. The lowest BCUT2D eigenvalue weighted by Crippen LogP contribution is -2.49. The van der Waals surface area contributed by atoms with E-state index in [-0.39, 0.29) is 5.91 Å². The summed E-state index contributed by atoms with van der Waals surface area (Å²) in [5, 5.41) is 2.92. The lowest BCUT2D eigenvalue weighted by molar-refractivity contribution is 0.0945. The van der Waals surface area contributed by atoms with Crippen LogP contribution in [-0.2, 0) is 10.0 Å². The Balaban J connectivity index is 1.73. The van der Waals surface area contributed by atoms with Crippen LogP contribution in [0.25, 0.3) is 0 Å². The first kappa shape index (κ1) is 18.9. The molecule has 0 unspecified atom stereocenters.